The van der Waals surface area contributed by atoms with Crippen molar-refractivity contribution in [2.75, 3.05) is 0 Å². The predicted molar refractivity (Wildman–Crippen MR) is 69.1 cm³/mol. The minimum Gasteiger partial charge on any atom is -0.480 e. The highest BCUT2D eigenvalue weighted by molar-refractivity contribution is 5.96. The van der Waals surface area contributed by atoms with Crippen LogP contribution in [-0.4, -0.2) is 32.4 Å². The van der Waals surface area contributed by atoms with Crippen LogP contribution >= 0.6 is 0 Å². The standard InChI is InChI=1S/C13H14FN3O3/c1-3-9(13(19)20)16-12(18)11-7(2)15-10-5-4-8(14)6-17(10)11/h4-6,9H,3H2,1-2H3,(H,16,18)(H,19,20). The first kappa shape index (κ1) is 14.0. The number of hydrogen-bond acceptors (Lipinski definition) is 3. The van der Waals surface area contributed by atoms with Crippen molar-refractivity contribution in [2.45, 2.75) is 26.3 Å². The molecule has 2 rings (SSSR count). The van der Waals surface area contributed by atoms with E-state index in [0.717, 1.165) is 6.20 Å². The Labute approximate surface area is 114 Å². The molecule has 1 amide bonds. The molecule has 0 fully saturated rings. The zero-order valence-corrected chi connectivity index (χ0v) is 11.1. The number of carboxylic acids is 1. The van der Waals surface area contributed by atoms with Gasteiger partial charge in [-0.15, -0.1) is 0 Å². The molecule has 20 heavy (non-hydrogen) atoms. The van der Waals surface area contributed by atoms with Gasteiger partial charge in [0.05, 0.1) is 5.69 Å². The minimum absolute atomic E-state index is 0.138. The van der Waals surface area contributed by atoms with Crippen molar-refractivity contribution in [3.05, 3.63) is 35.5 Å². The summed E-state index contributed by atoms with van der Waals surface area (Å²) in [6, 6.07) is 1.71. The molecule has 1 atom stereocenters. The average molecular weight is 279 g/mol. The van der Waals surface area contributed by atoms with Gasteiger partial charge >= 0.3 is 5.97 Å². The van der Waals surface area contributed by atoms with E-state index in [-0.39, 0.29) is 12.1 Å². The van der Waals surface area contributed by atoms with Gasteiger partial charge < -0.3 is 10.4 Å². The van der Waals surface area contributed by atoms with Crippen molar-refractivity contribution in [1.82, 2.24) is 14.7 Å². The number of nitrogens with one attached hydrogen (secondary N) is 1. The molecule has 1 unspecified atom stereocenters. The van der Waals surface area contributed by atoms with E-state index in [4.69, 9.17) is 5.11 Å². The van der Waals surface area contributed by atoms with E-state index in [1.807, 2.05) is 0 Å². The second-order valence-corrected chi connectivity index (χ2v) is 4.39. The van der Waals surface area contributed by atoms with Crippen molar-refractivity contribution >= 4 is 17.5 Å². The van der Waals surface area contributed by atoms with Crippen LogP contribution in [-0.2, 0) is 4.79 Å². The molecular formula is C13H14FN3O3. The first-order valence-corrected chi connectivity index (χ1v) is 6.12. The number of hydrogen-bond donors (Lipinski definition) is 2. The SMILES string of the molecule is CCC(NC(=O)c1c(C)nc2ccc(F)cn12)C(=O)O. The zero-order valence-electron chi connectivity index (χ0n) is 11.1. The van der Waals surface area contributed by atoms with Gasteiger partial charge in [0.25, 0.3) is 5.91 Å². The molecule has 7 heteroatoms. The second kappa shape index (κ2) is 5.28. The van der Waals surface area contributed by atoms with Gasteiger partial charge in [-0.3, -0.25) is 9.20 Å². The van der Waals surface area contributed by atoms with Crippen molar-refractivity contribution in [3.8, 4) is 0 Å². The summed E-state index contributed by atoms with van der Waals surface area (Å²) in [5.74, 6) is -2.21. The van der Waals surface area contributed by atoms with E-state index < -0.39 is 23.7 Å². The number of fused-ring (bicyclic) bond motifs is 1. The monoisotopic (exact) mass is 279 g/mol. The number of amides is 1. The molecule has 0 aliphatic heterocycles. The molecular weight excluding hydrogens is 265 g/mol. The van der Waals surface area contributed by atoms with E-state index in [0.29, 0.717) is 11.3 Å². The van der Waals surface area contributed by atoms with Crippen LogP contribution in [0.2, 0.25) is 0 Å². The Morgan fingerprint density at radius 2 is 2.20 bits per heavy atom. The Hall–Kier alpha value is -2.44. The lowest BCUT2D eigenvalue weighted by Gasteiger charge is -2.12. The van der Waals surface area contributed by atoms with Crippen molar-refractivity contribution in [2.24, 2.45) is 0 Å². The van der Waals surface area contributed by atoms with Crippen molar-refractivity contribution < 1.29 is 19.1 Å². The molecule has 106 valence electrons. The Morgan fingerprint density at radius 1 is 1.50 bits per heavy atom. The van der Waals surface area contributed by atoms with Crippen LogP contribution in [0, 0.1) is 12.7 Å². The first-order chi connectivity index (χ1) is 9.43. The fourth-order valence-electron chi connectivity index (χ4n) is 1.98. The van der Waals surface area contributed by atoms with Gasteiger partial charge in [0.2, 0.25) is 0 Å². The summed E-state index contributed by atoms with van der Waals surface area (Å²) in [7, 11) is 0. The predicted octanol–water partition coefficient (Wildman–Crippen LogP) is 1.37. The maximum Gasteiger partial charge on any atom is 0.326 e. The van der Waals surface area contributed by atoms with E-state index >= 15 is 0 Å². The van der Waals surface area contributed by atoms with E-state index in [9.17, 15) is 14.0 Å². The van der Waals surface area contributed by atoms with Crippen LogP contribution in [0.1, 0.15) is 29.5 Å². The van der Waals surface area contributed by atoms with Gasteiger partial charge in [-0.25, -0.2) is 14.2 Å². The van der Waals surface area contributed by atoms with E-state index in [1.54, 1.807) is 13.8 Å². The number of aryl methyl sites for hydroxylation is 1. The van der Waals surface area contributed by atoms with Gasteiger partial charge in [-0.05, 0) is 25.5 Å². The van der Waals surface area contributed by atoms with E-state index in [1.165, 1.54) is 16.5 Å². The lowest BCUT2D eigenvalue weighted by Crippen LogP contribution is -2.40. The number of pyridine rings is 1. The van der Waals surface area contributed by atoms with Crippen LogP contribution in [0.15, 0.2) is 18.3 Å². The Bertz CT molecular complexity index is 681. The molecule has 2 N–H and O–H groups in total. The Morgan fingerprint density at radius 3 is 2.80 bits per heavy atom. The fourth-order valence-corrected chi connectivity index (χ4v) is 1.98. The Kier molecular flexibility index (Phi) is 3.69. The third-order valence-electron chi connectivity index (χ3n) is 2.98. The van der Waals surface area contributed by atoms with Gasteiger partial charge in [0.1, 0.15) is 23.2 Å². The van der Waals surface area contributed by atoms with Crippen LogP contribution in [0.25, 0.3) is 5.65 Å². The first-order valence-electron chi connectivity index (χ1n) is 6.12. The number of halogens is 1. The largest absolute Gasteiger partial charge is 0.480 e. The highest BCUT2D eigenvalue weighted by Gasteiger charge is 2.22. The van der Waals surface area contributed by atoms with Gasteiger partial charge in [0.15, 0.2) is 0 Å². The molecule has 0 aromatic carbocycles. The fraction of sp³-hybridized carbons (Fsp3) is 0.308. The number of rotatable bonds is 4. The summed E-state index contributed by atoms with van der Waals surface area (Å²) >= 11 is 0. The molecule has 0 saturated carbocycles. The smallest absolute Gasteiger partial charge is 0.326 e. The number of carboxylic acid groups (broad SMARTS) is 1. The summed E-state index contributed by atoms with van der Waals surface area (Å²) in [6.07, 6.45) is 1.40. The number of carbonyl (C=O) groups excluding carboxylic acids is 1. The number of nitrogens with zero attached hydrogens (tertiary/aromatic N) is 2. The van der Waals surface area contributed by atoms with Crippen molar-refractivity contribution in [3.63, 3.8) is 0 Å². The average Bonchev–Trinajstić information content (AvgIpc) is 2.70. The number of imidazole rings is 1. The quantitative estimate of drug-likeness (QED) is 0.885. The lowest BCUT2D eigenvalue weighted by molar-refractivity contribution is -0.139. The Balaban J connectivity index is 2.41. The minimum atomic E-state index is -1.11. The van der Waals surface area contributed by atoms with Gasteiger partial charge in [-0.1, -0.05) is 6.92 Å². The maximum atomic E-state index is 13.3. The topological polar surface area (TPSA) is 83.7 Å². The zero-order chi connectivity index (χ0) is 14.9. The molecule has 0 bridgehead atoms. The molecule has 2 heterocycles. The summed E-state index contributed by atoms with van der Waals surface area (Å²) in [5, 5.41) is 11.3. The number of carbonyl (C=O) groups is 2. The molecule has 0 aliphatic rings. The van der Waals surface area contributed by atoms with Crippen molar-refractivity contribution in [1.29, 1.82) is 0 Å². The van der Waals surface area contributed by atoms with Crippen LogP contribution in [0.4, 0.5) is 4.39 Å². The van der Waals surface area contributed by atoms with Gasteiger partial charge in [0, 0.05) is 6.20 Å². The molecule has 0 aliphatic carbocycles. The van der Waals surface area contributed by atoms with Crippen LogP contribution in [0.3, 0.4) is 0 Å². The molecule has 0 radical (unpaired) electrons. The molecule has 2 aromatic rings. The highest BCUT2D eigenvalue weighted by atomic mass is 19.1. The summed E-state index contributed by atoms with van der Waals surface area (Å²) < 4.78 is 14.6. The van der Waals surface area contributed by atoms with Gasteiger partial charge in [-0.2, -0.15) is 0 Å². The molecule has 2 aromatic heterocycles. The molecule has 0 spiro atoms. The highest BCUT2D eigenvalue weighted by Crippen LogP contribution is 2.13. The molecule has 6 nitrogen and oxygen atoms in total. The third-order valence-corrected chi connectivity index (χ3v) is 2.98. The van der Waals surface area contributed by atoms with Crippen LogP contribution in [0.5, 0.6) is 0 Å². The van der Waals surface area contributed by atoms with E-state index in [2.05, 4.69) is 10.3 Å². The second-order valence-electron chi connectivity index (χ2n) is 4.39. The lowest BCUT2D eigenvalue weighted by atomic mass is 10.2. The summed E-state index contributed by atoms with van der Waals surface area (Å²) in [6.45, 7) is 3.27. The normalized spacial score (nSPS) is 12.3. The number of aliphatic carboxylic acids is 1. The summed E-state index contributed by atoms with van der Waals surface area (Å²) in [5.41, 5.74) is 0.977. The third kappa shape index (κ3) is 2.47. The molecule has 0 saturated heterocycles. The van der Waals surface area contributed by atoms with Crippen LogP contribution < -0.4 is 5.32 Å². The number of aromatic nitrogens is 2. The maximum absolute atomic E-state index is 13.3. The summed E-state index contributed by atoms with van der Waals surface area (Å²) in [4.78, 5) is 27.3.